The number of hydrogen-bond donors (Lipinski definition) is 1. The van der Waals surface area contributed by atoms with Gasteiger partial charge in [-0.1, -0.05) is 27.2 Å². The molecule has 0 aliphatic carbocycles. The Labute approximate surface area is 126 Å². The summed E-state index contributed by atoms with van der Waals surface area (Å²) in [7, 11) is 0. The Balaban J connectivity index is 1.88. The number of piperidine rings is 1. The topological polar surface area (TPSA) is 18.5 Å². The zero-order valence-corrected chi connectivity index (χ0v) is 14.0. The Hall–Kier alpha value is -0.120. The molecule has 0 aromatic carbocycles. The van der Waals surface area contributed by atoms with Crippen LogP contribution in [0.3, 0.4) is 0 Å². The molecule has 2 rings (SSSR count). The van der Waals surface area contributed by atoms with Gasteiger partial charge in [-0.2, -0.15) is 0 Å². The third-order valence-electron chi connectivity index (χ3n) is 5.58. The predicted molar refractivity (Wildman–Crippen MR) is 87.2 cm³/mol. The first-order valence-electron chi connectivity index (χ1n) is 8.90. The van der Waals surface area contributed by atoms with Crippen molar-refractivity contribution in [2.24, 2.45) is 5.41 Å². The lowest BCUT2D eigenvalue weighted by Crippen LogP contribution is -2.45. The zero-order valence-electron chi connectivity index (χ0n) is 14.0. The molecule has 1 unspecified atom stereocenters. The average molecular weight is 281 g/mol. The fourth-order valence-corrected chi connectivity index (χ4v) is 4.44. The van der Waals surface area contributed by atoms with Crippen LogP contribution in [0, 0.1) is 5.41 Å². The molecule has 0 radical (unpaired) electrons. The van der Waals surface area contributed by atoms with Gasteiger partial charge >= 0.3 is 0 Å². The molecule has 1 N–H and O–H groups in total. The first kappa shape index (κ1) is 16.3. The molecule has 0 aromatic rings. The van der Waals surface area contributed by atoms with Gasteiger partial charge in [0.15, 0.2) is 0 Å². The van der Waals surface area contributed by atoms with Gasteiger partial charge in [-0.15, -0.1) is 0 Å². The molecule has 0 saturated carbocycles. The van der Waals surface area contributed by atoms with Crippen LogP contribution in [-0.4, -0.2) is 61.7 Å². The van der Waals surface area contributed by atoms with Crippen molar-refractivity contribution in [3.8, 4) is 0 Å². The zero-order chi connectivity index (χ0) is 14.4. The highest BCUT2D eigenvalue weighted by molar-refractivity contribution is 4.91. The molecule has 0 aromatic heterocycles. The van der Waals surface area contributed by atoms with E-state index < -0.39 is 0 Å². The number of nitrogens with zero attached hydrogens (tertiary/aromatic N) is 2. The van der Waals surface area contributed by atoms with E-state index in [0.29, 0.717) is 5.41 Å². The van der Waals surface area contributed by atoms with Crippen LogP contribution in [0.1, 0.15) is 52.9 Å². The van der Waals surface area contributed by atoms with E-state index in [1.54, 1.807) is 0 Å². The lowest BCUT2D eigenvalue weighted by molar-refractivity contribution is 0.108. The fraction of sp³-hybridized carbons (Fsp3) is 1.00. The first-order valence-corrected chi connectivity index (χ1v) is 8.90. The number of likely N-dealkylation sites (N-methyl/N-ethyl adjacent to an activating group) is 1. The molecule has 3 nitrogen and oxygen atoms in total. The lowest BCUT2D eigenvalue weighted by atomic mass is 9.75. The van der Waals surface area contributed by atoms with Crippen molar-refractivity contribution >= 4 is 0 Å². The van der Waals surface area contributed by atoms with Crippen LogP contribution in [0.5, 0.6) is 0 Å². The normalized spacial score (nSPS) is 27.3. The maximum Gasteiger partial charge on any atom is 0.0235 e. The summed E-state index contributed by atoms with van der Waals surface area (Å²) < 4.78 is 0. The summed E-state index contributed by atoms with van der Waals surface area (Å²) in [6.07, 6.45) is 6.90. The summed E-state index contributed by atoms with van der Waals surface area (Å²) in [6.45, 7) is 15.8. The largest absolute Gasteiger partial charge is 0.317 e. The van der Waals surface area contributed by atoms with Crippen molar-refractivity contribution in [3.63, 3.8) is 0 Å². The Bertz CT molecular complexity index is 264. The van der Waals surface area contributed by atoms with E-state index in [-0.39, 0.29) is 0 Å². The van der Waals surface area contributed by atoms with Gasteiger partial charge < -0.3 is 10.2 Å². The summed E-state index contributed by atoms with van der Waals surface area (Å²) in [4.78, 5) is 5.42. The van der Waals surface area contributed by atoms with E-state index in [1.807, 2.05) is 0 Å². The number of hydrogen-bond acceptors (Lipinski definition) is 3. The standard InChI is InChI=1S/C17H35N3/c1-4-8-17(9-11-18-12-10-17)15-19-13-7-16(14-19)20(5-2)6-3/h16,18H,4-15H2,1-3H3. The summed E-state index contributed by atoms with van der Waals surface area (Å²) in [5.41, 5.74) is 0.609. The van der Waals surface area contributed by atoms with Crippen LogP contribution in [0.25, 0.3) is 0 Å². The van der Waals surface area contributed by atoms with Gasteiger partial charge in [0, 0.05) is 19.1 Å². The highest BCUT2D eigenvalue weighted by Crippen LogP contribution is 2.36. The SMILES string of the molecule is CCCC1(CN2CCC(N(CC)CC)C2)CCNCC1. The Morgan fingerprint density at radius 1 is 1.15 bits per heavy atom. The Kier molecular flexibility index (Phi) is 6.31. The molecule has 118 valence electrons. The van der Waals surface area contributed by atoms with Crippen molar-refractivity contribution in [1.29, 1.82) is 0 Å². The second-order valence-corrected chi connectivity index (χ2v) is 6.90. The Morgan fingerprint density at radius 2 is 1.85 bits per heavy atom. The van der Waals surface area contributed by atoms with Gasteiger partial charge in [0.2, 0.25) is 0 Å². The maximum absolute atomic E-state index is 3.54. The van der Waals surface area contributed by atoms with Crippen molar-refractivity contribution in [1.82, 2.24) is 15.1 Å². The molecule has 2 aliphatic heterocycles. The molecule has 1 atom stereocenters. The summed E-state index contributed by atoms with van der Waals surface area (Å²) in [5, 5.41) is 3.54. The third-order valence-corrected chi connectivity index (χ3v) is 5.58. The molecule has 3 heteroatoms. The fourth-order valence-electron chi connectivity index (χ4n) is 4.44. The molecular weight excluding hydrogens is 246 g/mol. The smallest absolute Gasteiger partial charge is 0.0235 e. The molecule has 0 spiro atoms. The Morgan fingerprint density at radius 3 is 2.45 bits per heavy atom. The number of nitrogens with one attached hydrogen (secondary N) is 1. The highest BCUT2D eigenvalue weighted by Gasteiger charge is 2.36. The minimum atomic E-state index is 0.609. The summed E-state index contributed by atoms with van der Waals surface area (Å²) >= 11 is 0. The van der Waals surface area contributed by atoms with E-state index in [0.717, 1.165) is 6.04 Å². The first-order chi connectivity index (χ1) is 9.73. The van der Waals surface area contributed by atoms with E-state index in [1.165, 1.54) is 77.9 Å². The average Bonchev–Trinajstić information content (AvgIpc) is 2.89. The minimum absolute atomic E-state index is 0.609. The second-order valence-electron chi connectivity index (χ2n) is 6.90. The molecule has 0 bridgehead atoms. The third kappa shape index (κ3) is 3.96. The molecule has 2 saturated heterocycles. The highest BCUT2D eigenvalue weighted by atomic mass is 15.3. The van der Waals surface area contributed by atoms with Crippen molar-refractivity contribution in [2.45, 2.75) is 58.9 Å². The lowest BCUT2D eigenvalue weighted by Gasteiger charge is -2.41. The number of rotatable bonds is 7. The van der Waals surface area contributed by atoms with Crippen LogP contribution in [-0.2, 0) is 0 Å². The van der Waals surface area contributed by atoms with Crippen LogP contribution < -0.4 is 5.32 Å². The van der Waals surface area contributed by atoms with Crippen molar-refractivity contribution in [2.75, 3.05) is 45.8 Å². The van der Waals surface area contributed by atoms with Crippen LogP contribution >= 0.6 is 0 Å². The van der Waals surface area contributed by atoms with E-state index in [4.69, 9.17) is 0 Å². The van der Waals surface area contributed by atoms with Crippen molar-refractivity contribution < 1.29 is 0 Å². The van der Waals surface area contributed by atoms with Crippen LogP contribution in [0.15, 0.2) is 0 Å². The van der Waals surface area contributed by atoms with Gasteiger partial charge in [0.25, 0.3) is 0 Å². The summed E-state index contributed by atoms with van der Waals surface area (Å²) in [6, 6.07) is 0.811. The molecule has 2 fully saturated rings. The van der Waals surface area contributed by atoms with Crippen molar-refractivity contribution in [3.05, 3.63) is 0 Å². The molecular formula is C17H35N3. The number of likely N-dealkylation sites (tertiary alicyclic amines) is 1. The van der Waals surface area contributed by atoms with E-state index in [2.05, 4.69) is 35.9 Å². The monoisotopic (exact) mass is 281 g/mol. The molecule has 0 amide bonds. The maximum atomic E-state index is 3.54. The van der Waals surface area contributed by atoms with Gasteiger partial charge in [-0.25, -0.2) is 0 Å². The van der Waals surface area contributed by atoms with Crippen LogP contribution in [0.2, 0.25) is 0 Å². The van der Waals surface area contributed by atoms with E-state index >= 15 is 0 Å². The predicted octanol–water partition coefficient (Wildman–Crippen LogP) is 2.57. The van der Waals surface area contributed by atoms with Gasteiger partial charge in [0.1, 0.15) is 0 Å². The van der Waals surface area contributed by atoms with Gasteiger partial charge in [0.05, 0.1) is 0 Å². The van der Waals surface area contributed by atoms with Gasteiger partial charge in [-0.3, -0.25) is 4.90 Å². The second kappa shape index (κ2) is 7.77. The quantitative estimate of drug-likeness (QED) is 0.774. The van der Waals surface area contributed by atoms with Gasteiger partial charge in [-0.05, 0) is 63.8 Å². The molecule has 2 heterocycles. The van der Waals surface area contributed by atoms with E-state index in [9.17, 15) is 0 Å². The van der Waals surface area contributed by atoms with Crippen LogP contribution in [0.4, 0.5) is 0 Å². The summed E-state index contributed by atoms with van der Waals surface area (Å²) in [5.74, 6) is 0. The molecule has 20 heavy (non-hydrogen) atoms. The molecule has 2 aliphatic rings. The minimum Gasteiger partial charge on any atom is -0.317 e.